The number of carbonyl (C=O) groups is 2. The predicted molar refractivity (Wildman–Crippen MR) is 151 cm³/mol. The Morgan fingerprint density at radius 1 is 0.825 bits per heavy atom. The fourth-order valence-corrected chi connectivity index (χ4v) is 6.01. The fourth-order valence-electron chi connectivity index (χ4n) is 4.77. The number of alkyl halides is 1. The third-order valence-corrected chi connectivity index (χ3v) is 8.35. The van der Waals surface area contributed by atoms with E-state index in [4.69, 9.17) is 0 Å². The van der Waals surface area contributed by atoms with Gasteiger partial charge in [-0.05, 0) is 53.9 Å². The molecule has 1 aliphatic heterocycles. The molecule has 1 aromatic heterocycles. The van der Waals surface area contributed by atoms with Gasteiger partial charge in [0.25, 0.3) is 15.9 Å². The third-order valence-electron chi connectivity index (χ3n) is 6.94. The van der Waals surface area contributed by atoms with Crippen LogP contribution in [0.1, 0.15) is 27.9 Å². The van der Waals surface area contributed by atoms with Crippen molar-refractivity contribution in [3.63, 3.8) is 0 Å². The lowest BCUT2D eigenvalue weighted by Crippen LogP contribution is -2.38. The van der Waals surface area contributed by atoms with Crippen molar-refractivity contribution < 1.29 is 22.4 Å². The molecule has 3 aromatic carbocycles. The van der Waals surface area contributed by atoms with E-state index in [0.29, 0.717) is 54.9 Å². The Morgan fingerprint density at radius 3 is 2.25 bits per heavy atom. The van der Waals surface area contributed by atoms with Gasteiger partial charge in [0.15, 0.2) is 0 Å². The van der Waals surface area contributed by atoms with Crippen LogP contribution >= 0.6 is 0 Å². The Labute approximate surface area is 232 Å². The Morgan fingerprint density at radius 2 is 1.50 bits per heavy atom. The Kier molecular flexibility index (Phi) is 8.06. The number of pyridine rings is 1. The number of hydrogen-bond acceptors (Lipinski definition) is 5. The Hall–Kier alpha value is -4.31. The predicted octanol–water partition coefficient (Wildman–Crippen LogP) is 4.42. The van der Waals surface area contributed by atoms with Crippen molar-refractivity contribution in [1.29, 1.82) is 0 Å². The van der Waals surface area contributed by atoms with Crippen molar-refractivity contribution in [1.82, 2.24) is 14.8 Å². The topological polar surface area (TPSA) is 99.7 Å². The van der Waals surface area contributed by atoms with Crippen LogP contribution in [0.15, 0.2) is 90.0 Å². The SMILES string of the molecule is O=C(Cc1ccc(CF)cc1)N1CCCN(C(=O)c2ccc(NS(=O)(=O)c3cccc4cccnc34)cc2)CC1. The molecule has 40 heavy (non-hydrogen) atoms. The molecule has 8 nitrogen and oxygen atoms in total. The molecule has 0 spiro atoms. The maximum absolute atomic E-state index is 13.2. The lowest BCUT2D eigenvalue weighted by atomic mass is 10.1. The number of aromatic nitrogens is 1. The quantitative estimate of drug-likeness (QED) is 0.361. The maximum atomic E-state index is 13.2. The largest absolute Gasteiger partial charge is 0.341 e. The van der Waals surface area contributed by atoms with Crippen LogP contribution in [0.3, 0.4) is 0 Å². The summed E-state index contributed by atoms with van der Waals surface area (Å²) in [5.74, 6) is -0.205. The van der Waals surface area contributed by atoms with E-state index in [1.54, 1.807) is 88.8 Å². The van der Waals surface area contributed by atoms with Crippen molar-refractivity contribution >= 4 is 38.4 Å². The van der Waals surface area contributed by atoms with E-state index in [9.17, 15) is 22.4 Å². The second kappa shape index (κ2) is 11.8. The maximum Gasteiger partial charge on any atom is 0.264 e. The number of nitrogens with one attached hydrogen (secondary N) is 1. The lowest BCUT2D eigenvalue weighted by Gasteiger charge is -2.22. The normalized spacial score (nSPS) is 14.1. The molecule has 0 radical (unpaired) electrons. The smallest absolute Gasteiger partial charge is 0.264 e. The van der Waals surface area contributed by atoms with Crippen molar-refractivity contribution in [3.05, 3.63) is 102 Å². The number of para-hydroxylation sites is 1. The van der Waals surface area contributed by atoms with Gasteiger partial charge in [0.05, 0.1) is 11.9 Å². The number of nitrogens with zero attached hydrogens (tertiary/aromatic N) is 3. The summed E-state index contributed by atoms with van der Waals surface area (Å²) in [6.45, 7) is 1.34. The van der Waals surface area contributed by atoms with Crippen molar-refractivity contribution in [2.45, 2.75) is 24.4 Å². The zero-order valence-corrected chi connectivity index (χ0v) is 22.6. The zero-order chi connectivity index (χ0) is 28.1. The molecule has 0 saturated carbocycles. The van der Waals surface area contributed by atoms with Crippen LogP contribution < -0.4 is 4.72 Å². The first-order valence-corrected chi connectivity index (χ1v) is 14.5. The summed E-state index contributed by atoms with van der Waals surface area (Å²) in [6, 6.07) is 21.7. The number of anilines is 1. The van der Waals surface area contributed by atoms with Crippen LogP contribution in [0.4, 0.5) is 10.1 Å². The highest BCUT2D eigenvalue weighted by atomic mass is 32.2. The van der Waals surface area contributed by atoms with Gasteiger partial charge in [0, 0.05) is 49.0 Å². The molecule has 1 aliphatic rings. The Balaban J connectivity index is 1.20. The van der Waals surface area contributed by atoms with E-state index in [1.165, 1.54) is 6.07 Å². The standard InChI is InChI=1S/C30H29FN4O4S/c31-21-23-9-7-22(8-10-23)20-28(36)34-16-3-17-35(19-18-34)30(37)25-11-13-26(14-12-25)33-40(38,39)27-6-1-4-24-5-2-15-32-29(24)27/h1-2,4-15,33H,3,16-21H2. The Bertz CT molecular complexity index is 1620. The monoisotopic (exact) mass is 560 g/mol. The molecule has 2 amide bonds. The molecule has 1 fully saturated rings. The molecule has 0 bridgehead atoms. The van der Waals surface area contributed by atoms with Gasteiger partial charge in [0.2, 0.25) is 5.91 Å². The summed E-state index contributed by atoms with van der Waals surface area (Å²) in [7, 11) is -3.90. The van der Waals surface area contributed by atoms with Gasteiger partial charge in [-0.15, -0.1) is 0 Å². The number of hydrogen-bond donors (Lipinski definition) is 1. The number of fused-ring (bicyclic) bond motifs is 1. The first-order chi connectivity index (χ1) is 19.3. The van der Waals surface area contributed by atoms with Gasteiger partial charge in [-0.25, -0.2) is 12.8 Å². The molecular formula is C30H29FN4O4S. The number of sulfonamides is 1. The summed E-state index contributed by atoms with van der Waals surface area (Å²) in [4.78, 5) is 33.8. The summed E-state index contributed by atoms with van der Waals surface area (Å²) in [5, 5.41) is 0.719. The minimum absolute atomic E-state index is 0.0275. The summed E-state index contributed by atoms with van der Waals surface area (Å²) >= 11 is 0. The number of carbonyl (C=O) groups excluding carboxylic acids is 2. The summed E-state index contributed by atoms with van der Waals surface area (Å²) in [5.41, 5.74) is 2.55. The summed E-state index contributed by atoms with van der Waals surface area (Å²) < 4.78 is 41.5. The highest BCUT2D eigenvalue weighted by molar-refractivity contribution is 7.93. The second-order valence-electron chi connectivity index (χ2n) is 9.67. The van der Waals surface area contributed by atoms with Crippen molar-refractivity contribution in [2.75, 3.05) is 30.9 Å². The van der Waals surface area contributed by atoms with Crippen molar-refractivity contribution in [3.8, 4) is 0 Å². The highest BCUT2D eigenvalue weighted by Crippen LogP contribution is 2.24. The minimum Gasteiger partial charge on any atom is -0.341 e. The average Bonchev–Trinajstić information content (AvgIpc) is 3.24. The van der Waals surface area contributed by atoms with Crippen LogP contribution in [0.25, 0.3) is 10.9 Å². The minimum atomic E-state index is -3.90. The molecule has 0 aliphatic carbocycles. The molecule has 5 rings (SSSR count). The molecular weight excluding hydrogens is 531 g/mol. The lowest BCUT2D eigenvalue weighted by molar-refractivity contribution is -0.130. The van der Waals surface area contributed by atoms with E-state index in [2.05, 4.69) is 9.71 Å². The molecule has 0 atom stereocenters. The van der Waals surface area contributed by atoms with Gasteiger partial charge in [-0.3, -0.25) is 19.3 Å². The number of amides is 2. The average molecular weight is 561 g/mol. The zero-order valence-electron chi connectivity index (χ0n) is 21.8. The van der Waals surface area contributed by atoms with E-state index in [1.807, 2.05) is 0 Å². The molecule has 4 aromatic rings. The molecule has 10 heteroatoms. The van der Waals surface area contributed by atoms with E-state index < -0.39 is 16.7 Å². The van der Waals surface area contributed by atoms with Crippen LogP contribution in [-0.2, 0) is 27.9 Å². The second-order valence-corrected chi connectivity index (χ2v) is 11.3. The van der Waals surface area contributed by atoms with Crippen LogP contribution in [0.2, 0.25) is 0 Å². The van der Waals surface area contributed by atoms with Gasteiger partial charge < -0.3 is 9.80 Å². The van der Waals surface area contributed by atoms with Gasteiger partial charge in [0.1, 0.15) is 11.6 Å². The first kappa shape index (κ1) is 27.3. The molecule has 206 valence electrons. The molecule has 2 heterocycles. The van der Waals surface area contributed by atoms with E-state index in [-0.39, 0.29) is 23.1 Å². The summed E-state index contributed by atoms with van der Waals surface area (Å²) in [6.07, 6.45) is 2.43. The highest BCUT2D eigenvalue weighted by Gasteiger charge is 2.24. The van der Waals surface area contributed by atoms with E-state index in [0.717, 1.165) is 10.9 Å². The van der Waals surface area contributed by atoms with Crippen LogP contribution in [-0.4, -0.2) is 61.2 Å². The van der Waals surface area contributed by atoms with Crippen molar-refractivity contribution in [2.24, 2.45) is 0 Å². The molecule has 0 unspecified atom stereocenters. The molecule has 1 saturated heterocycles. The van der Waals surface area contributed by atoms with Gasteiger partial charge in [-0.2, -0.15) is 0 Å². The van der Waals surface area contributed by atoms with Gasteiger partial charge in [-0.1, -0.05) is 42.5 Å². The van der Waals surface area contributed by atoms with Crippen LogP contribution in [0, 0.1) is 0 Å². The van der Waals surface area contributed by atoms with Gasteiger partial charge >= 0.3 is 0 Å². The fraction of sp³-hybridized carbons (Fsp3) is 0.233. The molecule has 1 N–H and O–H groups in total. The third kappa shape index (κ3) is 6.12. The number of rotatable bonds is 7. The first-order valence-electron chi connectivity index (χ1n) is 13.0. The number of halogens is 1. The van der Waals surface area contributed by atoms with E-state index >= 15 is 0 Å². The van der Waals surface area contributed by atoms with Crippen LogP contribution in [0.5, 0.6) is 0 Å². The number of benzene rings is 3.